The number of aromatic nitrogens is 1. The Hall–Kier alpha value is -0.900. The number of aliphatic carboxylic acids is 1. The zero-order chi connectivity index (χ0) is 11.6. The first-order valence-corrected chi connectivity index (χ1v) is 5.89. The summed E-state index contributed by atoms with van der Waals surface area (Å²) in [5, 5.41) is 9.92. The van der Waals surface area contributed by atoms with Gasteiger partial charge in [-0.05, 0) is 19.8 Å². The van der Waals surface area contributed by atoms with Gasteiger partial charge in [0.25, 0.3) is 0 Å². The van der Waals surface area contributed by atoms with Gasteiger partial charge < -0.3 is 5.11 Å². The van der Waals surface area contributed by atoms with E-state index in [0.29, 0.717) is 0 Å². The van der Waals surface area contributed by atoms with E-state index in [1.165, 1.54) is 4.88 Å². The highest BCUT2D eigenvalue weighted by molar-refractivity contribution is 7.11. The van der Waals surface area contributed by atoms with Gasteiger partial charge in [0, 0.05) is 11.3 Å². The fraction of sp³-hybridized carbons (Fsp3) is 0.636. The van der Waals surface area contributed by atoms with Crippen molar-refractivity contribution < 1.29 is 9.90 Å². The van der Waals surface area contributed by atoms with Crippen LogP contribution in [0.2, 0.25) is 0 Å². The first-order chi connectivity index (χ1) is 6.91. The molecule has 1 heterocycles. The number of thiazole rings is 1. The molecule has 0 bridgehead atoms. The van der Waals surface area contributed by atoms with Crippen LogP contribution in [0.15, 0.2) is 0 Å². The Kier molecular flexibility index (Phi) is 3.85. The van der Waals surface area contributed by atoms with Crippen molar-refractivity contribution in [1.29, 1.82) is 0 Å². The van der Waals surface area contributed by atoms with Gasteiger partial charge in [-0.15, -0.1) is 11.3 Å². The number of hydrogen-bond acceptors (Lipinski definition) is 3. The molecule has 0 aliphatic rings. The van der Waals surface area contributed by atoms with Crippen molar-refractivity contribution in [3.8, 4) is 0 Å². The SMILES string of the molecule is Cc1nc(CC(C)C(C)C(=O)O)sc1C. The topological polar surface area (TPSA) is 50.2 Å². The van der Waals surface area contributed by atoms with Crippen LogP contribution in [0.3, 0.4) is 0 Å². The second kappa shape index (κ2) is 4.75. The Balaban J connectivity index is 2.66. The Labute approximate surface area is 94.2 Å². The smallest absolute Gasteiger partial charge is 0.306 e. The van der Waals surface area contributed by atoms with E-state index in [-0.39, 0.29) is 11.8 Å². The van der Waals surface area contributed by atoms with E-state index in [4.69, 9.17) is 5.11 Å². The van der Waals surface area contributed by atoms with Crippen molar-refractivity contribution in [3.05, 3.63) is 15.6 Å². The van der Waals surface area contributed by atoms with E-state index in [1.54, 1.807) is 18.3 Å². The zero-order valence-corrected chi connectivity index (χ0v) is 10.4. The molecule has 0 fully saturated rings. The maximum absolute atomic E-state index is 10.8. The van der Waals surface area contributed by atoms with E-state index in [9.17, 15) is 4.79 Å². The minimum Gasteiger partial charge on any atom is -0.481 e. The van der Waals surface area contributed by atoms with Crippen LogP contribution in [0.4, 0.5) is 0 Å². The van der Waals surface area contributed by atoms with Gasteiger partial charge in [-0.3, -0.25) is 4.79 Å². The third-order valence-electron chi connectivity index (χ3n) is 2.81. The summed E-state index contributed by atoms with van der Waals surface area (Å²) in [6, 6.07) is 0. The molecule has 4 heteroatoms. The van der Waals surface area contributed by atoms with Crippen LogP contribution in [0.5, 0.6) is 0 Å². The molecule has 0 aliphatic carbocycles. The summed E-state index contributed by atoms with van der Waals surface area (Å²) < 4.78 is 0. The number of carbonyl (C=O) groups is 1. The lowest BCUT2D eigenvalue weighted by molar-refractivity contribution is -0.142. The average Bonchev–Trinajstić information content (AvgIpc) is 2.44. The number of aryl methyl sites for hydroxylation is 2. The number of carboxylic acid groups (broad SMARTS) is 1. The first-order valence-electron chi connectivity index (χ1n) is 5.07. The lowest BCUT2D eigenvalue weighted by Gasteiger charge is -2.13. The predicted octanol–water partition coefficient (Wildman–Crippen LogP) is 2.66. The second-order valence-electron chi connectivity index (χ2n) is 4.06. The maximum Gasteiger partial charge on any atom is 0.306 e. The molecule has 84 valence electrons. The molecule has 0 radical (unpaired) electrons. The molecule has 1 rings (SSSR count). The minimum atomic E-state index is -0.729. The summed E-state index contributed by atoms with van der Waals surface area (Å²) in [6.07, 6.45) is 0.757. The summed E-state index contributed by atoms with van der Waals surface area (Å²) >= 11 is 1.67. The summed E-state index contributed by atoms with van der Waals surface area (Å²) in [4.78, 5) is 16.4. The zero-order valence-electron chi connectivity index (χ0n) is 9.57. The molecule has 15 heavy (non-hydrogen) atoms. The van der Waals surface area contributed by atoms with Crippen molar-refractivity contribution in [2.24, 2.45) is 11.8 Å². The van der Waals surface area contributed by atoms with Gasteiger partial charge in [0.05, 0.1) is 16.6 Å². The summed E-state index contributed by atoms with van der Waals surface area (Å²) in [7, 11) is 0. The fourth-order valence-electron chi connectivity index (χ4n) is 1.32. The van der Waals surface area contributed by atoms with E-state index >= 15 is 0 Å². The van der Waals surface area contributed by atoms with E-state index < -0.39 is 5.97 Å². The van der Waals surface area contributed by atoms with Gasteiger partial charge in [0.15, 0.2) is 0 Å². The van der Waals surface area contributed by atoms with Gasteiger partial charge in [0.1, 0.15) is 0 Å². The average molecular weight is 227 g/mol. The normalized spacial score (nSPS) is 14.9. The summed E-state index contributed by atoms with van der Waals surface area (Å²) in [5.74, 6) is -0.908. The molecule has 0 spiro atoms. The second-order valence-corrected chi connectivity index (χ2v) is 5.35. The van der Waals surface area contributed by atoms with Gasteiger partial charge >= 0.3 is 5.97 Å². The van der Waals surface area contributed by atoms with Crippen molar-refractivity contribution in [2.75, 3.05) is 0 Å². The molecule has 0 saturated heterocycles. The Morgan fingerprint density at radius 1 is 1.47 bits per heavy atom. The van der Waals surface area contributed by atoms with Gasteiger partial charge in [-0.1, -0.05) is 13.8 Å². The van der Waals surface area contributed by atoms with Crippen molar-refractivity contribution in [1.82, 2.24) is 4.98 Å². The van der Waals surface area contributed by atoms with Crippen LogP contribution < -0.4 is 0 Å². The van der Waals surface area contributed by atoms with Gasteiger partial charge in [-0.2, -0.15) is 0 Å². The van der Waals surface area contributed by atoms with Crippen molar-refractivity contribution >= 4 is 17.3 Å². The summed E-state index contributed by atoms with van der Waals surface area (Å²) in [5.41, 5.74) is 1.06. The monoisotopic (exact) mass is 227 g/mol. The van der Waals surface area contributed by atoms with E-state index in [2.05, 4.69) is 4.98 Å². The number of hydrogen-bond donors (Lipinski definition) is 1. The van der Waals surface area contributed by atoms with Crippen molar-refractivity contribution in [2.45, 2.75) is 34.1 Å². The Morgan fingerprint density at radius 2 is 2.07 bits per heavy atom. The highest BCUT2D eigenvalue weighted by atomic mass is 32.1. The number of carboxylic acids is 1. The third kappa shape index (κ3) is 3.02. The highest BCUT2D eigenvalue weighted by Gasteiger charge is 2.20. The first kappa shape index (κ1) is 12.2. The molecule has 1 aromatic rings. The van der Waals surface area contributed by atoms with Crippen LogP contribution >= 0.6 is 11.3 Å². The van der Waals surface area contributed by atoms with E-state index in [0.717, 1.165) is 17.1 Å². The highest BCUT2D eigenvalue weighted by Crippen LogP contribution is 2.22. The standard InChI is InChI=1S/C11H17NO2S/c1-6(7(2)11(13)14)5-10-12-8(3)9(4)15-10/h6-7H,5H2,1-4H3,(H,13,14). The minimum absolute atomic E-state index is 0.132. The van der Waals surface area contributed by atoms with Crippen molar-refractivity contribution in [3.63, 3.8) is 0 Å². The maximum atomic E-state index is 10.8. The molecule has 0 amide bonds. The number of rotatable bonds is 4. The number of nitrogens with zero attached hydrogens (tertiary/aromatic N) is 1. The predicted molar refractivity (Wildman–Crippen MR) is 61.3 cm³/mol. The van der Waals surface area contributed by atoms with Crippen LogP contribution in [0, 0.1) is 25.7 Å². The molecule has 2 atom stereocenters. The molecule has 0 aliphatic heterocycles. The van der Waals surface area contributed by atoms with E-state index in [1.807, 2.05) is 20.8 Å². The molecule has 0 saturated carbocycles. The molecule has 3 nitrogen and oxygen atoms in total. The summed E-state index contributed by atoms with van der Waals surface area (Å²) in [6.45, 7) is 7.74. The quantitative estimate of drug-likeness (QED) is 0.860. The van der Waals surface area contributed by atoms with Crippen LogP contribution in [-0.2, 0) is 11.2 Å². The Morgan fingerprint density at radius 3 is 2.47 bits per heavy atom. The van der Waals surface area contributed by atoms with Gasteiger partial charge in [-0.25, -0.2) is 4.98 Å². The van der Waals surface area contributed by atoms with Crippen LogP contribution in [0.25, 0.3) is 0 Å². The van der Waals surface area contributed by atoms with Crippen LogP contribution in [0.1, 0.15) is 29.4 Å². The lowest BCUT2D eigenvalue weighted by Crippen LogP contribution is -2.19. The molecular weight excluding hydrogens is 210 g/mol. The molecule has 0 aromatic carbocycles. The van der Waals surface area contributed by atoms with Crippen LogP contribution in [-0.4, -0.2) is 16.1 Å². The molecular formula is C11H17NO2S. The fourth-order valence-corrected chi connectivity index (χ4v) is 2.40. The lowest BCUT2D eigenvalue weighted by atomic mass is 9.93. The molecule has 1 aromatic heterocycles. The van der Waals surface area contributed by atoms with Gasteiger partial charge in [0.2, 0.25) is 0 Å². The Bertz CT molecular complexity index is 340. The largest absolute Gasteiger partial charge is 0.481 e. The third-order valence-corrected chi connectivity index (χ3v) is 3.91. The molecule has 1 N–H and O–H groups in total. The molecule has 2 unspecified atom stereocenters.